The molecule has 3 heterocycles. The van der Waals surface area contributed by atoms with Crippen molar-refractivity contribution in [2.75, 3.05) is 40.0 Å². The van der Waals surface area contributed by atoms with Gasteiger partial charge in [0.25, 0.3) is 0 Å². The van der Waals surface area contributed by atoms with Gasteiger partial charge in [-0.25, -0.2) is 0 Å². The van der Waals surface area contributed by atoms with Crippen molar-refractivity contribution >= 4 is 5.91 Å². The maximum absolute atomic E-state index is 12.5. The maximum Gasteiger partial charge on any atom is 0.227 e. The number of carbonyl (C=O) groups is 1. The smallest absolute Gasteiger partial charge is 0.227 e. The fraction of sp³-hybridized carbons (Fsp3) is 0.435. The van der Waals surface area contributed by atoms with Gasteiger partial charge in [0.05, 0.1) is 26.4 Å². The average molecular weight is 441 g/mol. The van der Waals surface area contributed by atoms with Crippen LogP contribution in [-0.4, -0.2) is 60.9 Å². The summed E-state index contributed by atoms with van der Waals surface area (Å²) in [6.07, 6.45) is 0.633. The molecule has 32 heavy (non-hydrogen) atoms. The molecule has 1 aromatic carbocycles. The highest BCUT2D eigenvalue weighted by molar-refractivity contribution is 5.76. The van der Waals surface area contributed by atoms with Crippen LogP contribution in [0.4, 0.5) is 0 Å². The van der Waals surface area contributed by atoms with Gasteiger partial charge in [-0.15, -0.1) is 0 Å². The van der Waals surface area contributed by atoms with Crippen molar-refractivity contribution in [3.8, 4) is 17.1 Å². The summed E-state index contributed by atoms with van der Waals surface area (Å²) in [4.78, 5) is 19.2. The van der Waals surface area contributed by atoms with Gasteiger partial charge in [-0.05, 0) is 43.3 Å². The van der Waals surface area contributed by atoms with Crippen molar-refractivity contribution in [1.29, 1.82) is 0 Å². The van der Waals surface area contributed by atoms with E-state index in [0.29, 0.717) is 37.9 Å². The highest BCUT2D eigenvalue weighted by atomic mass is 16.5. The lowest BCUT2D eigenvalue weighted by Gasteiger charge is -2.33. The van der Waals surface area contributed by atoms with Gasteiger partial charge >= 0.3 is 0 Å². The predicted molar refractivity (Wildman–Crippen MR) is 116 cm³/mol. The first-order chi connectivity index (χ1) is 15.6. The van der Waals surface area contributed by atoms with E-state index in [2.05, 4.69) is 20.4 Å². The molecule has 1 amide bonds. The number of aryl methyl sites for hydroxylation is 2. The fourth-order valence-electron chi connectivity index (χ4n) is 3.66. The second-order valence-corrected chi connectivity index (χ2v) is 7.66. The van der Waals surface area contributed by atoms with Crippen LogP contribution >= 0.6 is 0 Å². The van der Waals surface area contributed by atoms with Crippen LogP contribution in [0, 0.1) is 6.92 Å². The molecule has 0 saturated carbocycles. The van der Waals surface area contributed by atoms with Crippen LogP contribution in [0.15, 0.2) is 45.3 Å². The Morgan fingerprint density at radius 3 is 2.66 bits per heavy atom. The molecule has 1 fully saturated rings. The Kier molecular flexibility index (Phi) is 7.18. The van der Waals surface area contributed by atoms with Crippen molar-refractivity contribution in [2.24, 2.45) is 0 Å². The Hall–Kier alpha value is -3.17. The molecule has 1 aliphatic rings. The zero-order valence-electron chi connectivity index (χ0n) is 18.4. The van der Waals surface area contributed by atoms with Gasteiger partial charge in [-0.3, -0.25) is 9.69 Å². The normalized spacial score (nSPS) is 15.4. The van der Waals surface area contributed by atoms with Crippen LogP contribution in [0.3, 0.4) is 0 Å². The third-order valence-corrected chi connectivity index (χ3v) is 5.45. The van der Waals surface area contributed by atoms with E-state index in [1.165, 1.54) is 0 Å². The number of carbonyl (C=O) groups excluding carboxylic acids is 1. The van der Waals surface area contributed by atoms with Crippen molar-refractivity contribution in [1.82, 2.24) is 20.4 Å². The first kappa shape index (κ1) is 22.0. The minimum absolute atomic E-state index is 0.0263. The Morgan fingerprint density at radius 2 is 1.97 bits per heavy atom. The summed E-state index contributed by atoms with van der Waals surface area (Å²) >= 11 is 0. The van der Waals surface area contributed by atoms with Gasteiger partial charge < -0.3 is 23.7 Å². The topological polar surface area (TPSA) is 103 Å². The van der Waals surface area contributed by atoms with Gasteiger partial charge in [0.1, 0.15) is 17.3 Å². The molecular weight excluding hydrogens is 412 g/mol. The fourth-order valence-corrected chi connectivity index (χ4v) is 3.66. The molecule has 1 atom stereocenters. The van der Waals surface area contributed by atoms with Gasteiger partial charge in [0, 0.05) is 38.0 Å². The van der Waals surface area contributed by atoms with E-state index in [0.717, 1.165) is 35.9 Å². The number of benzene rings is 1. The minimum Gasteiger partial charge on any atom is -0.497 e. The lowest BCUT2D eigenvalue weighted by Crippen LogP contribution is -2.43. The lowest BCUT2D eigenvalue weighted by atomic mass is 10.1. The summed E-state index contributed by atoms with van der Waals surface area (Å²) < 4.78 is 21.8. The minimum atomic E-state index is -0.0734. The monoisotopic (exact) mass is 440 g/mol. The van der Waals surface area contributed by atoms with E-state index in [9.17, 15) is 4.79 Å². The molecule has 3 aromatic rings. The molecule has 0 aliphatic carbocycles. The number of methoxy groups -OCH3 is 1. The van der Waals surface area contributed by atoms with E-state index in [4.69, 9.17) is 18.4 Å². The van der Waals surface area contributed by atoms with E-state index in [1.807, 2.05) is 43.3 Å². The number of amides is 1. The molecule has 0 spiro atoms. The zero-order chi connectivity index (χ0) is 22.3. The van der Waals surface area contributed by atoms with Crippen LogP contribution < -0.4 is 10.1 Å². The van der Waals surface area contributed by atoms with Crippen molar-refractivity contribution < 1.29 is 23.2 Å². The van der Waals surface area contributed by atoms with Crippen molar-refractivity contribution in [3.63, 3.8) is 0 Å². The molecule has 0 bridgehead atoms. The molecule has 170 valence electrons. The van der Waals surface area contributed by atoms with E-state index in [1.54, 1.807) is 7.11 Å². The third-order valence-electron chi connectivity index (χ3n) is 5.45. The Morgan fingerprint density at radius 1 is 1.19 bits per heavy atom. The molecule has 1 saturated heterocycles. The molecule has 1 aliphatic heterocycles. The van der Waals surface area contributed by atoms with Crippen LogP contribution in [0.2, 0.25) is 0 Å². The standard InChI is InChI=1S/C23H28N4O5/c1-16-3-8-20(31-16)19(27-11-13-30-14-12-27)15-24-21(28)9-10-22-25-23(26-32-22)17-4-6-18(29-2)7-5-17/h3-8,19H,9-15H2,1-2H3,(H,24,28)/t19-/m1/s1. The maximum atomic E-state index is 12.5. The van der Waals surface area contributed by atoms with Crippen molar-refractivity contribution in [2.45, 2.75) is 25.8 Å². The summed E-state index contributed by atoms with van der Waals surface area (Å²) in [6, 6.07) is 11.3. The predicted octanol–water partition coefficient (Wildman–Crippen LogP) is 2.77. The summed E-state index contributed by atoms with van der Waals surface area (Å²) in [6.45, 7) is 5.35. The highest BCUT2D eigenvalue weighted by Gasteiger charge is 2.25. The molecule has 4 rings (SSSR count). The molecule has 9 nitrogen and oxygen atoms in total. The second kappa shape index (κ2) is 10.4. The molecule has 0 unspecified atom stereocenters. The van der Waals surface area contributed by atoms with Crippen LogP contribution in [0.5, 0.6) is 5.75 Å². The zero-order valence-corrected chi connectivity index (χ0v) is 18.4. The summed E-state index contributed by atoms with van der Waals surface area (Å²) in [7, 11) is 1.62. The number of nitrogens with zero attached hydrogens (tertiary/aromatic N) is 3. The largest absolute Gasteiger partial charge is 0.497 e. The summed E-state index contributed by atoms with van der Waals surface area (Å²) in [5.41, 5.74) is 0.826. The number of morpholine rings is 1. The number of nitrogens with one attached hydrogen (secondary N) is 1. The molecule has 0 radical (unpaired) electrons. The number of hydrogen-bond acceptors (Lipinski definition) is 8. The van der Waals surface area contributed by atoms with E-state index < -0.39 is 0 Å². The SMILES string of the molecule is COc1ccc(-c2noc(CCC(=O)NC[C@H](c3ccc(C)o3)N3CCOCC3)n2)cc1. The van der Waals surface area contributed by atoms with E-state index in [-0.39, 0.29) is 18.4 Å². The first-order valence-corrected chi connectivity index (χ1v) is 10.7. The number of hydrogen-bond donors (Lipinski definition) is 1. The molecule has 1 N–H and O–H groups in total. The van der Waals surface area contributed by atoms with Crippen molar-refractivity contribution in [3.05, 3.63) is 53.8 Å². The Balaban J connectivity index is 1.30. The number of furan rings is 1. The highest BCUT2D eigenvalue weighted by Crippen LogP contribution is 2.23. The molecule has 9 heteroatoms. The van der Waals surface area contributed by atoms with Crippen LogP contribution in [0.25, 0.3) is 11.4 Å². The third kappa shape index (κ3) is 5.54. The number of ether oxygens (including phenoxy) is 2. The summed E-state index contributed by atoms with van der Waals surface area (Å²) in [5.74, 6) is 3.31. The van der Waals surface area contributed by atoms with Gasteiger partial charge in [-0.2, -0.15) is 4.98 Å². The number of aromatic nitrogens is 2. The van der Waals surface area contributed by atoms with Gasteiger partial charge in [-0.1, -0.05) is 5.16 Å². The van der Waals surface area contributed by atoms with Gasteiger partial charge in [0.15, 0.2) is 0 Å². The first-order valence-electron chi connectivity index (χ1n) is 10.7. The summed E-state index contributed by atoms with van der Waals surface area (Å²) in [5, 5.41) is 7.03. The second-order valence-electron chi connectivity index (χ2n) is 7.66. The Labute approximate surface area is 186 Å². The van der Waals surface area contributed by atoms with Gasteiger partial charge in [0.2, 0.25) is 17.6 Å². The lowest BCUT2D eigenvalue weighted by molar-refractivity contribution is -0.121. The molecular formula is C23H28N4O5. The quantitative estimate of drug-likeness (QED) is 0.542. The Bertz CT molecular complexity index is 1010. The number of rotatable bonds is 9. The average Bonchev–Trinajstić information content (AvgIpc) is 3.48. The van der Waals surface area contributed by atoms with Crippen LogP contribution in [0.1, 0.15) is 29.9 Å². The van der Waals surface area contributed by atoms with Crippen LogP contribution in [-0.2, 0) is 16.0 Å². The molecule has 2 aromatic heterocycles. The van der Waals surface area contributed by atoms with E-state index >= 15 is 0 Å².